The van der Waals surface area contributed by atoms with E-state index in [-0.39, 0.29) is 5.56 Å². The van der Waals surface area contributed by atoms with Crippen LogP contribution in [-0.4, -0.2) is 39.3 Å². The summed E-state index contributed by atoms with van der Waals surface area (Å²) in [6, 6.07) is 8.98. The van der Waals surface area contributed by atoms with Gasteiger partial charge in [0.25, 0.3) is 0 Å². The summed E-state index contributed by atoms with van der Waals surface area (Å²) >= 11 is 12.9. The Bertz CT molecular complexity index is 1560. The molecule has 2 atom stereocenters. The number of carboxylic acids is 1. The van der Waals surface area contributed by atoms with Gasteiger partial charge < -0.3 is 14.5 Å². The van der Waals surface area contributed by atoms with Gasteiger partial charge in [-0.1, -0.05) is 40.5 Å². The maximum atomic E-state index is 11.2. The molecule has 3 aromatic heterocycles. The Morgan fingerprint density at radius 1 is 1.08 bits per heavy atom. The van der Waals surface area contributed by atoms with Crippen LogP contribution in [0.25, 0.3) is 28.2 Å². The molecule has 3 aliphatic rings. The van der Waals surface area contributed by atoms with Crippen molar-refractivity contribution in [3.8, 4) is 11.3 Å². The number of aromatic nitrogens is 3. The molecule has 4 heterocycles. The molecule has 1 saturated heterocycles. The molecule has 4 aromatic rings. The first-order valence-electron chi connectivity index (χ1n) is 12.3. The second-order valence-corrected chi connectivity index (χ2v) is 10.9. The van der Waals surface area contributed by atoms with Crippen molar-refractivity contribution in [3.63, 3.8) is 0 Å². The number of hydrogen-bond acceptors (Lipinski definition) is 6. The van der Waals surface area contributed by atoms with Crippen molar-refractivity contribution in [2.45, 2.75) is 18.8 Å². The predicted octanol–water partition coefficient (Wildman–Crippen LogP) is 6.56. The summed E-state index contributed by atoms with van der Waals surface area (Å²) in [4.78, 5) is 22.4. The van der Waals surface area contributed by atoms with Crippen LogP contribution >= 0.6 is 23.2 Å². The number of carboxylic acid groups (broad SMARTS) is 1. The minimum absolute atomic E-state index is 0.272. The summed E-state index contributed by atoms with van der Waals surface area (Å²) in [6.07, 6.45) is 9.80. The number of pyridine rings is 2. The van der Waals surface area contributed by atoms with E-state index < -0.39 is 5.97 Å². The zero-order valence-electron chi connectivity index (χ0n) is 19.6. The molecule has 1 N–H and O–H groups in total. The third-order valence-electron chi connectivity index (χ3n) is 7.79. The van der Waals surface area contributed by atoms with Gasteiger partial charge in [0.05, 0.1) is 21.1 Å². The van der Waals surface area contributed by atoms with Crippen molar-refractivity contribution in [1.29, 1.82) is 0 Å². The molecular weight excluding hydrogens is 511 g/mol. The quantitative estimate of drug-likeness (QED) is 0.300. The average molecular weight is 533 g/mol. The number of allylic oxidation sites excluding steroid dienone is 1. The Labute approximate surface area is 222 Å². The number of hydrogen-bond donors (Lipinski definition) is 1. The second-order valence-electron chi connectivity index (χ2n) is 10.1. The van der Waals surface area contributed by atoms with E-state index in [2.05, 4.69) is 27.2 Å². The monoisotopic (exact) mass is 532 g/mol. The van der Waals surface area contributed by atoms with Crippen LogP contribution in [-0.2, 0) is 0 Å². The number of nitrogens with zero attached hydrogens (tertiary/aromatic N) is 4. The molecule has 186 valence electrons. The summed E-state index contributed by atoms with van der Waals surface area (Å²) in [7, 11) is 0. The summed E-state index contributed by atoms with van der Waals surface area (Å²) in [5.41, 5.74) is 3.38. The van der Waals surface area contributed by atoms with Crippen molar-refractivity contribution in [3.05, 3.63) is 75.7 Å². The van der Waals surface area contributed by atoms with E-state index in [4.69, 9.17) is 32.7 Å². The number of fused-ring (bicyclic) bond motifs is 2. The van der Waals surface area contributed by atoms with Gasteiger partial charge in [0.15, 0.2) is 0 Å². The number of benzene rings is 1. The van der Waals surface area contributed by atoms with Gasteiger partial charge in [-0.15, -0.1) is 0 Å². The van der Waals surface area contributed by atoms with Crippen LogP contribution in [0.3, 0.4) is 0 Å². The molecule has 0 amide bonds. The van der Waals surface area contributed by atoms with E-state index in [9.17, 15) is 9.90 Å². The zero-order chi connectivity index (χ0) is 25.3. The van der Waals surface area contributed by atoms with Crippen molar-refractivity contribution in [2.75, 3.05) is 18.0 Å². The van der Waals surface area contributed by atoms with Crippen LogP contribution in [0.4, 0.5) is 5.82 Å². The second kappa shape index (κ2) is 8.57. The van der Waals surface area contributed by atoms with E-state index >= 15 is 0 Å². The fourth-order valence-electron chi connectivity index (χ4n) is 5.60. The minimum atomic E-state index is -0.931. The Morgan fingerprint density at radius 3 is 2.54 bits per heavy atom. The fourth-order valence-corrected chi connectivity index (χ4v) is 6.15. The van der Waals surface area contributed by atoms with Crippen LogP contribution in [0.1, 0.15) is 40.4 Å². The summed E-state index contributed by atoms with van der Waals surface area (Å²) in [5.74, 6) is 2.96. The third kappa shape index (κ3) is 3.97. The maximum absolute atomic E-state index is 11.2. The molecule has 2 unspecified atom stereocenters. The van der Waals surface area contributed by atoms with E-state index in [1.54, 1.807) is 30.6 Å². The molecule has 1 aliphatic heterocycles. The lowest BCUT2D eigenvalue weighted by atomic mass is 10.0. The fraction of sp³-hybridized carbons (Fsp3) is 0.286. The molecule has 2 saturated carbocycles. The normalized spacial score (nSPS) is 22.6. The molecule has 2 aliphatic carbocycles. The number of piperidine rings is 1. The van der Waals surface area contributed by atoms with Crippen molar-refractivity contribution in [2.24, 2.45) is 17.8 Å². The van der Waals surface area contributed by atoms with Crippen LogP contribution in [0.5, 0.6) is 0 Å². The smallest absolute Gasteiger partial charge is 0.335 e. The number of carbonyl (C=O) groups is 1. The minimum Gasteiger partial charge on any atom is -0.478 e. The van der Waals surface area contributed by atoms with Gasteiger partial charge in [-0.3, -0.25) is 4.98 Å². The molecule has 7 rings (SSSR count). The van der Waals surface area contributed by atoms with Crippen LogP contribution in [0, 0.1) is 17.8 Å². The molecule has 37 heavy (non-hydrogen) atoms. The van der Waals surface area contributed by atoms with Gasteiger partial charge in [0, 0.05) is 47.9 Å². The van der Waals surface area contributed by atoms with Gasteiger partial charge in [-0.2, -0.15) is 0 Å². The lowest BCUT2D eigenvalue weighted by molar-refractivity contribution is 0.0697. The molecule has 9 heteroatoms. The highest BCUT2D eigenvalue weighted by atomic mass is 35.5. The van der Waals surface area contributed by atoms with E-state index in [1.807, 2.05) is 12.1 Å². The summed E-state index contributed by atoms with van der Waals surface area (Å²) in [5, 5.41) is 15.3. The summed E-state index contributed by atoms with van der Waals surface area (Å²) < 4.78 is 5.77. The van der Waals surface area contributed by atoms with Crippen LogP contribution < -0.4 is 4.90 Å². The van der Waals surface area contributed by atoms with E-state index in [0.29, 0.717) is 45.0 Å². The van der Waals surface area contributed by atoms with Crippen LogP contribution in [0.2, 0.25) is 10.0 Å². The van der Waals surface area contributed by atoms with Crippen molar-refractivity contribution < 1.29 is 14.4 Å². The number of halogens is 2. The van der Waals surface area contributed by atoms with Gasteiger partial charge in [0.2, 0.25) is 0 Å². The topological polar surface area (TPSA) is 92.3 Å². The molecule has 1 aromatic carbocycles. The Balaban J connectivity index is 1.09. The number of rotatable bonds is 6. The lowest BCUT2D eigenvalue weighted by Gasteiger charge is -2.20. The molecule has 7 nitrogen and oxygen atoms in total. The molecule has 0 bridgehead atoms. The molecule has 0 spiro atoms. The zero-order valence-corrected chi connectivity index (χ0v) is 21.2. The highest BCUT2D eigenvalue weighted by Gasteiger charge is 2.54. The highest BCUT2D eigenvalue weighted by Crippen LogP contribution is 2.54. The standard InChI is InChI=1S/C28H22Cl2N4O3/c29-21-10-31-11-22(30)25(21)26-18(27(37-33-26)14-1-2-14)6-5-17-19-12-34(13-20(17)19)24-8-4-15-9-16(28(35)36)3-7-23(15)32-24/h3-11,14,17,19-20H,1-2,12-13H2,(H,35,36). The van der Waals surface area contributed by atoms with Gasteiger partial charge in [-0.05, 0) is 60.9 Å². The van der Waals surface area contributed by atoms with Crippen molar-refractivity contribution in [1.82, 2.24) is 15.1 Å². The number of aromatic carboxylic acids is 1. The Kier molecular flexibility index (Phi) is 5.27. The highest BCUT2D eigenvalue weighted by molar-refractivity contribution is 6.39. The van der Waals surface area contributed by atoms with Crippen molar-refractivity contribution >= 4 is 52.0 Å². The first-order valence-corrected chi connectivity index (χ1v) is 13.1. The molecule has 0 radical (unpaired) electrons. The van der Waals surface area contributed by atoms with Gasteiger partial charge in [-0.25, -0.2) is 9.78 Å². The predicted molar refractivity (Wildman–Crippen MR) is 142 cm³/mol. The van der Waals surface area contributed by atoms with Gasteiger partial charge >= 0.3 is 5.97 Å². The Morgan fingerprint density at radius 2 is 1.84 bits per heavy atom. The van der Waals surface area contributed by atoms with Gasteiger partial charge in [0.1, 0.15) is 17.3 Å². The molecular formula is C28H22Cl2N4O3. The lowest BCUT2D eigenvalue weighted by Crippen LogP contribution is -2.24. The first kappa shape index (κ1) is 22.8. The first-order chi connectivity index (χ1) is 18.0. The van der Waals surface area contributed by atoms with Crippen LogP contribution in [0.15, 0.2) is 53.3 Å². The number of anilines is 1. The Hall–Kier alpha value is -3.42. The third-order valence-corrected chi connectivity index (χ3v) is 8.36. The summed E-state index contributed by atoms with van der Waals surface area (Å²) in [6.45, 7) is 1.89. The largest absolute Gasteiger partial charge is 0.478 e. The molecule has 3 fully saturated rings. The van der Waals surface area contributed by atoms with E-state index in [0.717, 1.165) is 54.0 Å². The SMILES string of the molecule is O=C(O)c1ccc2nc(N3CC4C(C=Cc5c(-c6c(Cl)cncc6Cl)noc5C5CC5)C4C3)ccc2c1. The van der Waals surface area contributed by atoms with E-state index in [1.165, 1.54) is 0 Å². The average Bonchev–Trinajstić information content (AvgIpc) is 3.75. The maximum Gasteiger partial charge on any atom is 0.335 e.